The van der Waals surface area contributed by atoms with E-state index in [9.17, 15) is 4.79 Å². The van der Waals surface area contributed by atoms with E-state index in [4.69, 9.17) is 14.2 Å². The maximum atomic E-state index is 12.3. The smallest absolute Gasteiger partial charge is 0.244 e. The SMILES string of the molecule is CCOc1ccccc1/C=C/C(=O)N[C@H](C)c1cc(OC)ccc1OC. The zero-order valence-corrected chi connectivity index (χ0v) is 15.6. The first kappa shape index (κ1) is 19.4. The molecule has 0 aromatic heterocycles. The second-order valence-electron chi connectivity index (χ2n) is 5.64. The van der Waals surface area contributed by atoms with Gasteiger partial charge in [-0.3, -0.25) is 4.79 Å². The van der Waals surface area contributed by atoms with Crippen LogP contribution in [0.4, 0.5) is 0 Å². The highest BCUT2D eigenvalue weighted by Crippen LogP contribution is 2.29. The van der Waals surface area contributed by atoms with Crippen molar-refractivity contribution in [3.63, 3.8) is 0 Å². The highest BCUT2D eigenvalue weighted by atomic mass is 16.5. The fourth-order valence-electron chi connectivity index (χ4n) is 2.59. The van der Waals surface area contributed by atoms with Crippen LogP contribution in [0.15, 0.2) is 48.5 Å². The number of methoxy groups -OCH3 is 2. The molecule has 5 heteroatoms. The van der Waals surface area contributed by atoms with Gasteiger partial charge >= 0.3 is 0 Å². The summed E-state index contributed by atoms with van der Waals surface area (Å²) in [6, 6.07) is 12.9. The van der Waals surface area contributed by atoms with Gasteiger partial charge in [0.15, 0.2) is 0 Å². The van der Waals surface area contributed by atoms with Crippen molar-refractivity contribution in [1.29, 1.82) is 0 Å². The number of benzene rings is 2. The second kappa shape index (κ2) is 9.51. The Morgan fingerprint density at radius 3 is 2.58 bits per heavy atom. The molecule has 5 nitrogen and oxygen atoms in total. The fraction of sp³-hybridized carbons (Fsp3) is 0.286. The summed E-state index contributed by atoms with van der Waals surface area (Å²) in [5.74, 6) is 1.96. The lowest BCUT2D eigenvalue weighted by molar-refractivity contribution is -0.117. The molecule has 0 bridgehead atoms. The molecule has 0 heterocycles. The van der Waals surface area contributed by atoms with Crippen LogP contribution < -0.4 is 19.5 Å². The predicted molar refractivity (Wildman–Crippen MR) is 103 cm³/mol. The van der Waals surface area contributed by atoms with Crippen LogP contribution in [0.2, 0.25) is 0 Å². The van der Waals surface area contributed by atoms with E-state index in [2.05, 4.69) is 5.32 Å². The molecule has 0 saturated carbocycles. The molecule has 0 fully saturated rings. The Morgan fingerprint density at radius 2 is 1.88 bits per heavy atom. The third-order valence-corrected chi connectivity index (χ3v) is 3.90. The third kappa shape index (κ3) is 5.02. The van der Waals surface area contributed by atoms with Gasteiger partial charge in [-0.25, -0.2) is 0 Å². The van der Waals surface area contributed by atoms with Gasteiger partial charge in [-0.1, -0.05) is 18.2 Å². The molecule has 0 radical (unpaired) electrons. The minimum Gasteiger partial charge on any atom is -0.497 e. The molecule has 0 spiro atoms. The minimum atomic E-state index is -0.237. The summed E-state index contributed by atoms with van der Waals surface area (Å²) in [6.07, 6.45) is 3.25. The Bertz CT molecular complexity index is 770. The van der Waals surface area contributed by atoms with Gasteiger partial charge in [-0.2, -0.15) is 0 Å². The topological polar surface area (TPSA) is 56.8 Å². The monoisotopic (exact) mass is 355 g/mol. The van der Waals surface area contributed by atoms with E-state index in [0.29, 0.717) is 18.1 Å². The van der Waals surface area contributed by atoms with E-state index in [-0.39, 0.29) is 11.9 Å². The van der Waals surface area contributed by atoms with Crippen LogP contribution in [0.5, 0.6) is 17.2 Å². The molecule has 0 aliphatic carbocycles. The highest BCUT2D eigenvalue weighted by molar-refractivity contribution is 5.92. The van der Waals surface area contributed by atoms with Crippen molar-refractivity contribution >= 4 is 12.0 Å². The number of amides is 1. The van der Waals surface area contributed by atoms with Crippen molar-refractivity contribution in [1.82, 2.24) is 5.32 Å². The van der Waals surface area contributed by atoms with Crippen LogP contribution >= 0.6 is 0 Å². The number of carbonyl (C=O) groups excluding carboxylic acids is 1. The van der Waals surface area contributed by atoms with Gasteiger partial charge in [0.05, 0.1) is 26.9 Å². The zero-order chi connectivity index (χ0) is 18.9. The maximum Gasteiger partial charge on any atom is 0.244 e. The zero-order valence-electron chi connectivity index (χ0n) is 15.6. The fourth-order valence-corrected chi connectivity index (χ4v) is 2.59. The van der Waals surface area contributed by atoms with Crippen LogP contribution in [0.25, 0.3) is 6.08 Å². The average molecular weight is 355 g/mol. The van der Waals surface area contributed by atoms with Crippen LogP contribution in [0.3, 0.4) is 0 Å². The molecule has 2 aromatic carbocycles. The molecule has 1 N–H and O–H groups in total. The lowest BCUT2D eigenvalue weighted by Crippen LogP contribution is -2.25. The molecule has 0 aliphatic heterocycles. The summed E-state index contributed by atoms with van der Waals surface area (Å²) < 4.78 is 16.2. The van der Waals surface area contributed by atoms with Crippen molar-refractivity contribution in [2.45, 2.75) is 19.9 Å². The summed E-state index contributed by atoms with van der Waals surface area (Å²) in [7, 11) is 3.21. The molecule has 1 atom stereocenters. The molecular formula is C21H25NO4. The van der Waals surface area contributed by atoms with Gasteiger partial charge in [-0.05, 0) is 44.2 Å². The summed E-state index contributed by atoms with van der Waals surface area (Å²) in [5.41, 5.74) is 1.71. The van der Waals surface area contributed by atoms with Crippen molar-refractivity contribution < 1.29 is 19.0 Å². The number of para-hydroxylation sites is 1. The molecule has 0 unspecified atom stereocenters. The van der Waals surface area contributed by atoms with Gasteiger partial charge in [0.2, 0.25) is 5.91 Å². The summed E-state index contributed by atoms with van der Waals surface area (Å²) in [6.45, 7) is 4.40. The Labute approximate surface area is 154 Å². The Balaban J connectivity index is 2.10. The van der Waals surface area contributed by atoms with Gasteiger partial charge in [0.25, 0.3) is 0 Å². The van der Waals surface area contributed by atoms with Crippen molar-refractivity contribution in [3.8, 4) is 17.2 Å². The maximum absolute atomic E-state index is 12.3. The molecule has 138 valence electrons. The average Bonchev–Trinajstić information content (AvgIpc) is 2.67. The van der Waals surface area contributed by atoms with Gasteiger partial charge in [0, 0.05) is 17.2 Å². The van der Waals surface area contributed by atoms with Crippen LogP contribution in [0.1, 0.15) is 31.0 Å². The van der Waals surface area contributed by atoms with E-state index in [1.54, 1.807) is 20.3 Å². The number of hydrogen-bond acceptors (Lipinski definition) is 4. The lowest BCUT2D eigenvalue weighted by Gasteiger charge is -2.17. The first-order valence-corrected chi connectivity index (χ1v) is 8.51. The molecule has 26 heavy (non-hydrogen) atoms. The van der Waals surface area contributed by atoms with E-state index in [1.165, 1.54) is 6.08 Å². The number of hydrogen-bond donors (Lipinski definition) is 1. The Kier molecular flexibility index (Phi) is 7.09. The Hall–Kier alpha value is -2.95. The van der Waals surface area contributed by atoms with E-state index < -0.39 is 0 Å². The summed E-state index contributed by atoms with van der Waals surface area (Å²) >= 11 is 0. The molecular weight excluding hydrogens is 330 g/mol. The quantitative estimate of drug-likeness (QED) is 0.728. The van der Waals surface area contributed by atoms with Crippen LogP contribution in [-0.4, -0.2) is 26.7 Å². The predicted octanol–water partition coefficient (Wildman–Crippen LogP) is 3.99. The first-order chi connectivity index (χ1) is 12.6. The van der Waals surface area contributed by atoms with Crippen molar-refractivity contribution in [2.75, 3.05) is 20.8 Å². The first-order valence-electron chi connectivity index (χ1n) is 8.51. The standard InChI is InChI=1S/C21H25NO4/c1-5-26-19-9-7-6-8-16(19)10-13-21(23)22-15(2)18-14-17(24-3)11-12-20(18)25-4/h6-15H,5H2,1-4H3,(H,22,23)/b13-10+/t15-/m1/s1. The largest absolute Gasteiger partial charge is 0.497 e. The van der Waals surface area contributed by atoms with Crippen LogP contribution in [-0.2, 0) is 4.79 Å². The van der Waals surface area contributed by atoms with E-state index in [1.807, 2.05) is 56.3 Å². The van der Waals surface area contributed by atoms with Gasteiger partial charge in [-0.15, -0.1) is 0 Å². The summed E-state index contributed by atoms with van der Waals surface area (Å²) in [5, 5.41) is 2.94. The van der Waals surface area contributed by atoms with Gasteiger partial charge in [0.1, 0.15) is 17.2 Å². The lowest BCUT2D eigenvalue weighted by atomic mass is 10.1. The molecule has 1 amide bonds. The van der Waals surface area contributed by atoms with E-state index in [0.717, 1.165) is 16.9 Å². The summed E-state index contributed by atoms with van der Waals surface area (Å²) in [4.78, 5) is 12.3. The third-order valence-electron chi connectivity index (χ3n) is 3.90. The molecule has 0 saturated heterocycles. The number of nitrogens with one attached hydrogen (secondary N) is 1. The number of carbonyl (C=O) groups is 1. The van der Waals surface area contributed by atoms with Crippen molar-refractivity contribution in [3.05, 3.63) is 59.7 Å². The Morgan fingerprint density at radius 1 is 1.12 bits per heavy atom. The van der Waals surface area contributed by atoms with E-state index >= 15 is 0 Å². The molecule has 0 aliphatic rings. The number of ether oxygens (including phenoxy) is 3. The van der Waals surface area contributed by atoms with Gasteiger partial charge < -0.3 is 19.5 Å². The minimum absolute atomic E-state index is 0.200. The second-order valence-corrected chi connectivity index (χ2v) is 5.64. The molecule has 2 rings (SSSR count). The normalized spacial score (nSPS) is 11.8. The van der Waals surface area contributed by atoms with Crippen molar-refractivity contribution in [2.24, 2.45) is 0 Å². The van der Waals surface area contributed by atoms with Crippen LogP contribution in [0, 0.1) is 0 Å². The highest BCUT2D eigenvalue weighted by Gasteiger charge is 2.14. The molecule has 2 aromatic rings. The number of rotatable bonds is 8.